The lowest BCUT2D eigenvalue weighted by Gasteiger charge is -2.06. The van der Waals surface area contributed by atoms with Crippen LogP contribution in [-0.4, -0.2) is 17.0 Å². The normalized spacial score (nSPS) is 12.5. The van der Waals surface area contributed by atoms with Crippen molar-refractivity contribution < 1.29 is 14.2 Å². The third-order valence-electron chi connectivity index (χ3n) is 2.73. The largest absolute Gasteiger partial charge is 0.472 e. The zero-order valence-corrected chi connectivity index (χ0v) is 10.2. The van der Waals surface area contributed by atoms with E-state index in [1.165, 1.54) is 0 Å². The van der Waals surface area contributed by atoms with Crippen molar-refractivity contribution in [3.8, 4) is 17.4 Å². The van der Waals surface area contributed by atoms with E-state index < -0.39 is 0 Å². The summed E-state index contributed by atoms with van der Waals surface area (Å²) in [5.74, 6) is 1.97. The van der Waals surface area contributed by atoms with Crippen LogP contribution in [0.1, 0.15) is 11.3 Å². The van der Waals surface area contributed by atoms with E-state index >= 15 is 0 Å². The monoisotopic (exact) mass is 259 g/mol. The first-order valence-corrected chi connectivity index (χ1v) is 5.89. The summed E-state index contributed by atoms with van der Waals surface area (Å²) < 4.78 is 16.1. The average molecular weight is 259 g/mol. The molecule has 6 nitrogen and oxygen atoms in total. The molecule has 98 valence electrons. The van der Waals surface area contributed by atoms with Gasteiger partial charge in [0.25, 0.3) is 0 Å². The number of nitrogens with two attached hydrogens (primary N) is 1. The zero-order valence-electron chi connectivity index (χ0n) is 10.2. The quantitative estimate of drug-likeness (QED) is 0.890. The van der Waals surface area contributed by atoms with Crippen molar-refractivity contribution in [1.82, 2.24) is 10.2 Å². The molecule has 0 atom stereocenters. The summed E-state index contributed by atoms with van der Waals surface area (Å²) in [7, 11) is 0. The van der Waals surface area contributed by atoms with Gasteiger partial charge >= 0.3 is 0 Å². The maximum atomic E-state index is 5.54. The van der Waals surface area contributed by atoms with Crippen LogP contribution >= 0.6 is 0 Å². The molecule has 19 heavy (non-hydrogen) atoms. The lowest BCUT2D eigenvalue weighted by Crippen LogP contribution is -2.03. The van der Waals surface area contributed by atoms with Crippen molar-refractivity contribution in [2.45, 2.75) is 13.2 Å². The highest BCUT2D eigenvalue weighted by Crippen LogP contribution is 2.32. The summed E-state index contributed by atoms with van der Waals surface area (Å²) in [5, 5.41) is 7.85. The molecule has 0 bridgehead atoms. The predicted molar refractivity (Wildman–Crippen MR) is 66.8 cm³/mol. The Bertz CT molecular complexity index is 572. The van der Waals surface area contributed by atoms with E-state index in [9.17, 15) is 0 Å². The van der Waals surface area contributed by atoms with Crippen molar-refractivity contribution in [3.05, 3.63) is 41.6 Å². The molecule has 0 saturated heterocycles. The van der Waals surface area contributed by atoms with Gasteiger partial charge in [0, 0.05) is 12.6 Å². The van der Waals surface area contributed by atoms with Gasteiger partial charge in [-0.25, -0.2) is 0 Å². The average Bonchev–Trinajstić information content (AvgIpc) is 2.93. The van der Waals surface area contributed by atoms with E-state index in [1.54, 1.807) is 12.1 Å². The molecule has 0 unspecified atom stereocenters. The fraction of sp³-hybridized carbons (Fsp3) is 0.231. The summed E-state index contributed by atoms with van der Waals surface area (Å²) in [6.45, 7) is 1.04. The fourth-order valence-electron chi connectivity index (χ4n) is 1.72. The maximum Gasteiger partial charge on any atom is 0.233 e. The Kier molecular flexibility index (Phi) is 3.16. The number of rotatable bonds is 4. The number of aromatic nitrogens is 2. The first-order valence-electron chi connectivity index (χ1n) is 5.89. The molecule has 2 N–H and O–H groups in total. The second kappa shape index (κ2) is 5.11. The van der Waals surface area contributed by atoms with Crippen LogP contribution in [0.25, 0.3) is 0 Å². The Morgan fingerprint density at radius 2 is 2.00 bits per heavy atom. The maximum absolute atomic E-state index is 5.54. The Labute approximate surface area is 110 Å². The van der Waals surface area contributed by atoms with E-state index in [-0.39, 0.29) is 6.79 Å². The number of benzene rings is 1. The summed E-state index contributed by atoms with van der Waals surface area (Å²) in [6, 6.07) is 9.23. The summed E-state index contributed by atoms with van der Waals surface area (Å²) in [4.78, 5) is 0. The first kappa shape index (κ1) is 11.7. The Hall–Kier alpha value is -2.34. The second-order valence-electron chi connectivity index (χ2n) is 4.04. The van der Waals surface area contributed by atoms with Crippen LogP contribution in [-0.2, 0) is 13.2 Å². The zero-order chi connectivity index (χ0) is 13.1. The first-order chi connectivity index (χ1) is 9.35. The highest BCUT2D eigenvalue weighted by Gasteiger charge is 2.13. The molecule has 1 aromatic carbocycles. The highest BCUT2D eigenvalue weighted by molar-refractivity contribution is 5.44. The molecule has 2 aromatic rings. The topological polar surface area (TPSA) is 79.5 Å². The molecule has 1 aliphatic rings. The van der Waals surface area contributed by atoms with Crippen LogP contribution in [0.15, 0.2) is 30.3 Å². The number of nitrogens with zero attached hydrogens (tertiary/aromatic N) is 2. The van der Waals surface area contributed by atoms with Gasteiger partial charge in [-0.3, -0.25) is 0 Å². The highest BCUT2D eigenvalue weighted by atomic mass is 16.7. The standard InChI is InChI=1S/C13H13N3O3/c14-6-10-2-4-13(16-15-10)17-7-9-1-3-11-12(5-9)19-8-18-11/h1-5H,6-8,14H2. The Morgan fingerprint density at radius 1 is 1.11 bits per heavy atom. The van der Waals surface area contributed by atoms with Gasteiger partial charge in [0.05, 0.1) is 5.69 Å². The van der Waals surface area contributed by atoms with Gasteiger partial charge in [-0.05, 0) is 23.8 Å². The molecule has 3 rings (SSSR count). The van der Waals surface area contributed by atoms with Gasteiger partial charge in [-0.1, -0.05) is 6.07 Å². The lowest BCUT2D eigenvalue weighted by molar-refractivity contribution is 0.174. The Balaban J connectivity index is 1.65. The molecule has 1 aliphatic heterocycles. The minimum absolute atomic E-state index is 0.270. The second-order valence-corrected chi connectivity index (χ2v) is 4.04. The fourth-order valence-corrected chi connectivity index (χ4v) is 1.72. The van der Waals surface area contributed by atoms with Crippen molar-refractivity contribution >= 4 is 0 Å². The van der Waals surface area contributed by atoms with Gasteiger partial charge in [0.15, 0.2) is 11.5 Å². The third-order valence-corrected chi connectivity index (χ3v) is 2.73. The minimum atomic E-state index is 0.270. The summed E-state index contributed by atoms with van der Waals surface area (Å²) >= 11 is 0. The van der Waals surface area contributed by atoms with Crippen molar-refractivity contribution in [2.24, 2.45) is 5.73 Å². The van der Waals surface area contributed by atoms with Gasteiger partial charge in [0.1, 0.15) is 6.61 Å². The molecule has 0 amide bonds. The van der Waals surface area contributed by atoms with Gasteiger partial charge < -0.3 is 19.9 Å². The smallest absolute Gasteiger partial charge is 0.233 e. The summed E-state index contributed by atoms with van der Waals surface area (Å²) in [6.07, 6.45) is 0. The van der Waals surface area contributed by atoms with Gasteiger partial charge in [-0.15, -0.1) is 5.10 Å². The molecule has 0 saturated carbocycles. The molecular weight excluding hydrogens is 246 g/mol. The summed E-state index contributed by atoms with van der Waals surface area (Å²) in [5.41, 5.74) is 7.16. The van der Waals surface area contributed by atoms with Crippen molar-refractivity contribution in [2.75, 3.05) is 6.79 Å². The third kappa shape index (κ3) is 2.58. The molecule has 6 heteroatoms. The van der Waals surface area contributed by atoms with Crippen LogP contribution in [0.4, 0.5) is 0 Å². The van der Waals surface area contributed by atoms with E-state index in [2.05, 4.69) is 10.2 Å². The number of fused-ring (bicyclic) bond motifs is 1. The van der Waals surface area contributed by atoms with Gasteiger partial charge in [0.2, 0.25) is 12.7 Å². The van der Waals surface area contributed by atoms with E-state index in [4.69, 9.17) is 19.9 Å². The molecule has 0 fully saturated rings. The minimum Gasteiger partial charge on any atom is -0.472 e. The lowest BCUT2D eigenvalue weighted by atomic mass is 10.2. The number of hydrogen-bond donors (Lipinski definition) is 1. The van der Waals surface area contributed by atoms with E-state index in [0.29, 0.717) is 19.0 Å². The predicted octanol–water partition coefficient (Wildman–Crippen LogP) is 1.24. The van der Waals surface area contributed by atoms with Gasteiger partial charge in [-0.2, -0.15) is 5.10 Å². The molecule has 2 heterocycles. The molecule has 0 radical (unpaired) electrons. The number of ether oxygens (including phenoxy) is 3. The molecule has 0 aliphatic carbocycles. The SMILES string of the molecule is NCc1ccc(OCc2ccc3c(c2)OCO3)nn1. The van der Waals surface area contributed by atoms with Crippen LogP contribution in [0, 0.1) is 0 Å². The van der Waals surface area contributed by atoms with Crippen LogP contribution in [0.5, 0.6) is 17.4 Å². The van der Waals surface area contributed by atoms with E-state index in [1.807, 2.05) is 18.2 Å². The Morgan fingerprint density at radius 3 is 2.79 bits per heavy atom. The van der Waals surface area contributed by atoms with Crippen LogP contribution < -0.4 is 19.9 Å². The molecular formula is C13H13N3O3. The number of hydrogen-bond acceptors (Lipinski definition) is 6. The van der Waals surface area contributed by atoms with Crippen LogP contribution in [0.2, 0.25) is 0 Å². The van der Waals surface area contributed by atoms with Crippen molar-refractivity contribution in [3.63, 3.8) is 0 Å². The molecule has 0 spiro atoms. The van der Waals surface area contributed by atoms with E-state index in [0.717, 1.165) is 22.8 Å². The van der Waals surface area contributed by atoms with Crippen molar-refractivity contribution in [1.29, 1.82) is 0 Å². The molecule has 1 aromatic heterocycles. The van der Waals surface area contributed by atoms with Crippen LogP contribution in [0.3, 0.4) is 0 Å².